The maximum absolute atomic E-state index is 12.4. The van der Waals surface area contributed by atoms with Crippen LogP contribution in [0.25, 0.3) is 0 Å². The van der Waals surface area contributed by atoms with E-state index in [1.54, 1.807) is 29.2 Å². The molecule has 104 valence electrons. The number of carbonyl (C=O) groups is 1. The second-order valence-electron chi connectivity index (χ2n) is 4.37. The van der Waals surface area contributed by atoms with Crippen molar-refractivity contribution in [1.82, 2.24) is 9.21 Å². The molecule has 1 amide bonds. The van der Waals surface area contributed by atoms with Gasteiger partial charge in [-0.05, 0) is 18.2 Å². The predicted molar refractivity (Wildman–Crippen MR) is 75.2 cm³/mol. The van der Waals surface area contributed by atoms with Crippen LogP contribution in [0.2, 0.25) is 0 Å². The molecule has 1 aromatic rings. The van der Waals surface area contributed by atoms with E-state index in [1.165, 1.54) is 11.2 Å². The molecule has 0 aliphatic carbocycles. The molecule has 1 fully saturated rings. The van der Waals surface area contributed by atoms with Gasteiger partial charge in [0.2, 0.25) is 15.9 Å². The second kappa shape index (κ2) is 5.60. The summed E-state index contributed by atoms with van der Waals surface area (Å²) >= 11 is 3.27. The lowest BCUT2D eigenvalue weighted by Crippen LogP contribution is -2.49. The zero-order valence-electron chi connectivity index (χ0n) is 10.5. The predicted octanol–water partition coefficient (Wildman–Crippen LogP) is 1.30. The molecule has 1 heterocycles. The number of amides is 1. The minimum atomic E-state index is -3.47. The number of nitrogens with zero attached hydrogens (tertiary/aromatic N) is 2. The van der Waals surface area contributed by atoms with Crippen molar-refractivity contribution < 1.29 is 13.2 Å². The molecule has 2 rings (SSSR count). The Morgan fingerprint density at radius 1 is 1.21 bits per heavy atom. The van der Waals surface area contributed by atoms with E-state index in [-0.39, 0.29) is 10.8 Å². The highest BCUT2D eigenvalue weighted by Crippen LogP contribution is 2.21. The van der Waals surface area contributed by atoms with E-state index in [1.807, 2.05) is 0 Å². The van der Waals surface area contributed by atoms with Crippen LogP contribution in [0, 0.1) is 0 Å². The molecule has 19 heavy (non-hydrogen) atoms. The van der Waals surface area contributed by atoms with Gasteiger partial charge in [-0.15, -0.1) is 0 Å². The zero-order valence-corrected chi connectivity index (χ0v) is 12.9. The summed E-state index contributed by atoms with van der Waals surface area (Å²) in [6, 6.07) is 6.65. The van der Waals surface area contributed by atoms with E-state index in [9.17, 15) is 13.2 Å². The molecule has 5 nitrogen and oxygen atoms in total. The van der Waals surface area contributed by atoms with Gasteiger partial charge in [-0.25, -0.2) is 8.42 Å². The van der Waals surface area contributed by atoms with Crippen LogP contribution < -0.4 is 0 Å². The molecule has 0 N–H and O–H groups in total. The van der Waals surface area contributed by atoms with E-state index in [0.29, 0.717) is 26.2 Å². The van der Waals surface area contributed by atoms with Crippen LogP contribution >= 0.6 is 15.9 Å². The third kappa shape index (κ3) is 3.16. The second-order valence-corrected chi connectivity index (χ2v) is 7.22. The van der Waals surface area contributed by atoms with Crippen LogP contribution in [0.15, 0.2) is 33.6 Å². The first-order chi connectivity index (χ1) is 8.91. The lowest BCUT2D eigenvalue weighted by molar-refractivity contribution is -0.129. The topological polar surface area (TPSA) is 57.7 Å². The Balaban J connectivity index is 2.16. The first kappa shape index (κ1) is 14.5. The summed E-state index contributed by atoms with van der Waals surface area (Å²) in [4.78, 5) is 13.2. The number of piperazine rings is 1. The minimum Gasteiger partial charge on any atom is -0.340 e. The minimum absolute atomic E-state index is 0.0143. The number of benzene rings is 1. The third-order valence-corrected chi connectivity index (χ3v) is 5.51. The van der Waals surface area contributed by atoms with Crippen LogP contribution in [0.5, 0.6) is 0 Å². The van der Waals surface area contributed by atoms with Crippen molar-refractivity contribution in [2.75, 3.05) is 26.2 Å². The molecule has 1 aliphatic rings. The smallest absolute Gasteiger partial charge is 0.243 e. The summed E-state index contributed by atoms with van der Waals surface area (Å²) in [7, 11) is -3.47. The van der Waals surface area contributed by atoms with Crippen LogP contribution in [0.3, 0.4) is 0 Å². The van der Waals surface area contributed by atoms with Gasteiger partial charge >= 0.3 is 0 Å². The van der Waals surface area contributed by atoms with Crippen LogP contribution in [0.4, 0.5) is 0 Å². The van der Waals surface area contributed by atoms with E-state index in [4.69, 9.17) is 0 Å². The van der Waals surface area contributed by atoms with Gasteiger partial charge in [0, 0.05) is 37.6 Å². The quantitative estimate of drug-likeness (QED) is 0.810. The highest BCUT2D eigenvalue weighted by atomic mass is 79.9. The Labute approximate surface area is 121 Å². The largest absolute Gasteiger partial charge is 0.340 e. The normalized spacial score (nSPS) is 17.5. The zero-order chi connectivity index (χ0) is 14.0. The molecule has 7 heteroatoms. The fraction of sp³-hybridized carbons (Fsp3) is 0.417. The van der Waals surface area contributed by atoms with Crippen molar-refractivity contribution >= 4 is 31.9 Å². The van der Waals surface area contributed by atoms with E-state index in [2.05, 4.69) is 15.9 Å². The van der Waals surface area contributed by atoms with Gasteiger partial charge < -0.3 is 4.90 Å². The Kier molecular flexibility index (Phi) is 4.27. The van der Waals surface area contributed by atoms with E-state index < -0.39 is 10.0 Å². The number of halogens is 1. The molecule has 0 atom stereocenters. The molecular formula is C12H15BrN2O3S. The fourth-order valence-corrected chi connectivity index (χ4v) is 4.04. The number of hydrogen-bond donors (Lipinski definition) is 0. The third-order valence-electron chi connectivity index (χ3n) is 3.12. The SMILES string of the molecule is CC(=O)N1CCN(S(=O)(=O)c2cccc(Br)c2)CC1. The summed E-state index contributed by atoms with van der Waals surface area (Å²) < 4.78 is 27.0. The van der Waals surface area contributed by atoms with Gasteiger partial charge in [0.15, 0.2) is 0 Å². The number of sulfonamides is 1. The summed E-state index contributed by atoms with van der Waals surface area (Å²) in [5.41, 5.74) is 0. The molecular weight excluding hydrogens is 332 g/mol. The van der Waals surface area contributed by atoms with Crippen molar-refractivity contribution in [3.05, 3.63) is 28.7 Å². The number of rotatable bonds is 2. The summed E-state index contributed by atoms with van der Waals surface area (Å²) in [5, 5.41) is 0. The molecule has 1 aromatic carbocycles. The van der Waals surface area contributed by atoms with Gasteiger partial charge in [-0.3, -0.25) is 4.79 Å². The molecule has 0 saturated carbocycles. The molecule has 0 radical (unpaired) electrons. The van der Waals surface area contributed by atoms with Crippen molar-refractivity contribution in [3.63, 3.8) is 0 Å². The fourth-order valence-electron chi connectivity index (χ4n) is 2.02. The average molecular weight is 347 g/mol. The van der Waals surface area contributed by atoms with Crippen LogP contribution in [-0.4, -0.2) is 49.7 Å². The van der Waals surface area contributed by atoms with Gasteiger partial charge in [0.05, 0.1) is 4.90 Å². The monoisotopic (exact) mass is 346 g/mol. The molecule has 0 aromatic heterocycles. The van der Waals surface area contributed by atoms with Gasteiger partial charge in [0.1, 0.15) is 0 Å². The van der Waals surface area contributed by atoms with Gasteiger partial charge in [-0.1, -0.05) is 22.0 Å². The molecule has 0 unspecified atom stereocenters. The Morgan fingerprint density at radius 3 is 2.37 bits per heavy atom. The van der Waals surface area contributed by atoms with Crippen molar-refractivity contribution in [1.29, 1.82) is 0 Å². The summed E-state index contributed by atoms with van der Waals surface area (Å²) in [6.07, 6.45) is 0. The molecule has 0 bridgehead atoms. The van der Waals surface area contributed by atoms with Crippen molar-refractivity contribution in [3.8, 4) is 0 Å². The number of hydrogen-bond acceptors (Lipinski definition) is 3. The van der Waals surface area contributed by atoms with Crippen molar-refractivity contribution in [2.24, 2.45) is 0 Å². The van der Waals surface area contributed by atoms with Crippen LogP contribution in [0.1, 0.15) is 6.92 Å². The van der Waals surface area contributed by atoms with E-state index in [0.717, 1.165) is 4.47 Å². The van der Waals surface area contributed by atoms with E-state index >= 15 is 0 Å². The van der Waals surface area contributed by atoms with Crippen LogP contribution in [-0.2, 0) is 14.8 Å². The first-order valence-corrected chi connectivity index (χ1v) is 8.16. The van der Waals surface area contributed by atoms with Gasteiger partial charge in [0.25, 0.3) is 0 Å². The van der Waals surface area contributed by atoms with Gasteiger partial charge in [-0.2, -0.15) is 4.31 Å². The highest BCUT2D eigenvalue weighted by Gasteiger charge is 2.29. The molecule has 1 aliphatic heterocycles. The standard InChI is InChI=1S/C12H15BrN2O3S/c1-10(16)14-5-7-15(8-6-14)19(17,18)12-4-2-3-11(13)9-12/h2-4,9H,5-8H2,1H3. The Bertz CT molecular complexity index is 580. The Morgan fingerprint density at radius 2 is 1.84 bits per heavy atom. The highest BCUT2D eigenvalue weighted by molar-refractivity contribution is 9.10. The average Bonchev–Trinajstić information content (AvgIpc) is 2.39. The first-order valence-electron chi connectivity index (χ1n) is 5.92. The lowest BCUT2D eigenvalue weighted by Gasteiger charge is -2.33. The summed E-state index contributed by atoms with van der Waals surface area (Å²) in [6.45, 7) is 3.08. The van der Waals surface area contributed by atoms with Crippen molar-refractivity contribution in [2.45, 2.75) is 11.8 Å². The Hall–Kier alpha value is -0.920. The summed E-state index contributed by atoms with van der Waals surface area (Å²) in [5.74, 6) is -0.0143. The maximum atomic E-state index is 12.4. The molecule has 0 spiro atoms. The maximum Gasteiger partial charge on any atom is 0.243 e. The number of carbonyl (C=O) groups excluding carboxylic acids is 1. The molecule has 1 saturated heterocycles. The lowest BCUT2D eigenvalue weighted by atomic mass is 10.3.